The van der Waals surface area contributed by atoms with Gasteiger partial charge in [-0.25, -0.2) is 0 Å². The third-order valence-corrected chi connectivity index (χ3v) is 1.97. The summed E-state index contributed by atoms with van der Waals surface area (Å²) in [5.41, 5.74) is 1.07. The number of nitrogens with zero attached hydrogens (tertiary/aromatic N) is 1. The summed E-state index contributed by atoms with van der Waals surface area (Å²) in [5.74, 6) is -0.125. The van der Waals surface area contributed by atoms with E-state index in [1.54, 1.807) is 6.20 Å². The lowest BCUT2D eigenvalue weighted by atomic mass is 10.3. The SMILES string of the molecule is CC.Cc1ccccn1.O=C(O)CC1CC1. The Bertz CT molecular complexity index is 281. The van der Waals surface area contributed by atoms with Crippen molar-refractivity contribution in [1.29, 1.82) is 0 Å². The van der Waals surface area contributed by atoms with E-state index < -0.39 is 5.97 Å². The highest BCUT2D eigenvalue weighted by atomic mass is 16.4. The fourth-order valence-corrected chi connectivity index (χ4v) is 1.02. The summed E-state index contributed by atoms with van der Waals surface area (Å²) in [4.78, 5) is 13.8. The van der Waals surface area contributed by atoms with Gasteiger partial charge in [0.05, 0.1) is 0 Å². The van der Waals surface area contributed by atoms with Crippen LogP contribution >= 0.6 is 0 Å². The van der Waals surface area contributed by atoms with Gasteiger partial charge in [-0.1, -0.05) is 19.9 Å². The molecule has 0 bridgehead atoms. The van der Waals surface area contributed by atoms with E-state index in [0.717, 1.165) is 18.5 Å². The van der Waals surface area contributed by atoms with Gasteiger partial charge >= 0.3 is 5.97 Å². The van der Waals surface area contributed by atoms with Gasteiger partial charge in [0.2, 0.25) is 0 Å². The van der Waals surface area contributed by atoms with Crippen molar-refractivity contribution in [1.82, 2.24) is 4.98 Å². The van der Waals surface area contributed by atoms with Crippen LogP contribution in [-0.4, -0.2) is 16.1 Å². The van der Waals surface area contributed by atoms with Crippen LogP contribution in [-0.2, 0) is 4.79 Å². The van der Waals surface area contributed by atoms with Gasteiger partial charge in [-0.05, 0) is 37.8 Å². The Morgan fingerprint density at radius 1 is 1.44 bits per heavy atom. The van der Waals surface area contributed by atoms with Crippen molar-refractivity contribution in [3.63, 3.8) is 0 Å². The molecule has 0 aliphatic heterocycles. The van der Waals surface area contributed by atoms with Gasteiger partial charge in [-0.3, -0.25) is 9.78 Å². The molecule has 0 saturated heterocycles. The molecule has 90 valence electrons. The number of pyridine rings is 1. The number of aliphatic carboxylic acids is 1. The molecule has 0 aromatic carbocycles. The van der Waals surface area contributed by atoms with Crippen molar-refractivity contribution in [2.45, 2.75) is 40.0 Å². The minimum Gasteiger partial charge on any atom is -0.481 e. The van der Waals surface area contributed by atoms with Crippen molar-refractivity contribution in [2.24, 2.45) is 5.92 Å². The van der Waals surface area contributed by atoms with Crippen molar-refractivity contribution in [2.75, 3.05) is 0 Å². The fourth-order valence-electron chi connectivity index (χ4n) is 1.02. The molecular weight excluding hydrogens is 202 g/mol. The van der Waals surface area contributed by atoms with Gasteiger partial charge in [-0.2, -0.15) is 0 Å². The van der Waals surface area contributed by atoms with Crippen molar-refractivity contribution >= 4 is 5.97 Å². The molecule has 0 unspecified atom stereocenters. The third kappa shape index (κ3) is 9.19. The Morgan fingerprint density at radius 3 is 2.25 bits per heavy atom. The molecule has 0 amide bonds. The Morgan fingerprint density at radius 2 is 2.06 bits per heavy atom. The molecule has 0 spiro atoms. The second kappa shape index (κ2) is 8.89. The van der Waals surface area contributed by atoms with Crippen LogP contribution in [0.25, 0.3) is 0 Å². The maximum atomic E-state index is 9.85. The van der Waals surface area contributed by atoms with Crippen LogP contribution in [0.1, 0.15) is 38.8 Å². The predicted molar refractivity (Wildman–Crippen MR) is 65.3 cm³/mol. The van der Waals surface area contributed by atoms with E-state index in [-0.39, 0.29) is 0 Å². The molecule has 3 heteroatoms. The fraction of sp³-hybridized carbons (Fsp3) is 0.538. The van der Waals surface area contributed by atoms with Gasteiger partial charge in [0.1, 0.15) is 0 Å². The minimum absolute atomic E-state index is 0.389. The van der Waals surface area contributed by atoms with Crippen LogP contribution in [0.2, 0.25) is 0 Å². The molecule has 16 heavy (non-hydrogen) atoms. The molecule has 1 aliphatic carbocycles. The minimum atomic E-state index is -0.650. The van der Waals surface area contributed by atoms with Crippen LogP contribution in [0.4, 0.5) is 0 Å². The highest BCUT2D eigenvalue weighted by Gasteiger charge is 2.23. The number of aryl methyl sites for hydroxylation is 1. The summed E-state index contributed by atoms with van der Waals surface area (Å²) >= 11 is 0. The zero-order chi connectivity index (χ0) is 12.4. The number of hydrogen-bond donors (Lipinski definition) is 1. The van der Waals surface area contributed by atoms with Crippen LogP contribution in [0.3, 0.4) is 0 Å². The number of hydrogen-bond acceptors (Lipinski definition) is 2. The Kier molecular flexibility index (Phi) is 8.12. The summed E-state index contributed by atoms with van der Waals surface area (Å²) in [5, 5.41) is 8.12. The van der Waals surface area contributed by atoms with E-state index in [2.05, 4.69) is 4.98 Å². The summed E-state index contributed by atoms with van der Waals surface area (Å²) in [7, 11) is 0. The summed E-state index contributed by atoms with van der Waals surface area (Å²) in [6.07, 6.45) is 4.44. The standard InChI is InChI=1S/C6H7N.C5H8O2.C2H6/c1-6-4-2-3-5-7-6;6-5(7)3-4-1-2-4;1-2/h2-5H,1H3;4H,1-3H2,(H,6,7);1-2H3. The monoisotopic (exact) mass is 223 g/mol. The first kappa shape index (κ1) is 14.6. The number of carboxylic acid groups (broad SMARTS) is 1. The maximum absolute atomic E-state index is 9.85. The normalized spacial score (nSPS) is 12.7. The second-order valence-corrected chi connectivity index (χ2v) is 3.51. The molecule has 1 fully saturated rings. The number of carboxylic acids is 1. The molecule has 1 saturated carbocycles. The summed E-state index contributed by atoms with van der Waals surface area (Å²) < 4.78 is 0. The Labute approximate surface area is 97.5 Å². The highest BCUT2D eigenvalue weighted by molar-refractivity contribution is 5.67. The van der Waals surface area contributed by atoms with Crippen LogP contribution in [0.15, 0.2) is 24.4 Å². The molecule has 1 aliphatic rings. The van der Waals surface area contributed by atoms with Crippen LogP contribution < -0.4 is 0 Å². The number of rotatable bonds is 2. The molecule has 0 radical (unpaired) electrons. The van der Waals surface area contributed by atoms with Gasteiger partial charge in [-0.15, -0.1) is 0 Å². The number of carbonyl (C=O) groups is 1. The van der Waals surface area contributed by atoms with E-state index in [1.165, 1.54) is 0 Å². The lowest BCUT2D eigenvalue weighted by Gasteiger charge is -1.82. The summed E-state index contributed by atoms with van der Waals surface area (Å²) in [6, 6.07) is 5.86. The first-order valence-electron chi connectivity index (χ1n) is 5.78. The smallest absolute Gasteiger partial charge is 0.303 e. The van der Waals surface area contributed by atoms with E-state index >= 15 is 0 Å². The van der Waals surface area contributed by atoms with E-state index in [0.29, 0.717) is 12.3 Å². The topological polar surface area (TPSA) is 50.2 Å². The second-order valence-electron chi connectivity index (χ2n) is 3.51. The van der Waals surface area contributed by atoms with Crippen LogP contribution in [0.5, 0.6) is 0 Å². The first-order chi connectivity index (χ1) is 7.68. The zero-order valence-corrected chi connectivity index (χ0v) is 10.3. The van der Waals surface area contributed by atoms with Gasteiger partial charge < -0.3 is 5.11 Å². The largest absolute Gasteiger partial charge is 0.481 e. The maximum Gasteiger partial charge on any atom is 0.303 e. The van der Waals surface area contributed by atoms with E-state index in [9.17, 15) is 4.79 Å². The average Bonchev–Trinajstić information content (AvgIpc) is 3.06. The molecule has 2 rings (SSSR count). The Hall–Kier alpha value is -1.38. The quantitative estimate of drug-likeness (QED) is 0.837. The lowest BCUT2D eigenvalue weighted by Crippen LogP contribution is -1.93. The highest BCUT2D eigenvalue weighted by Crippen LogP contribution is 2.31. The molecular formula is C13H21NO2. The van der Waals surface area contributed by atoms with Gasteiger partial charge in [0.25, 0.3) is 0 Å². The lowest BCUT2D eigenvalue weighted by molar-refractivity contribution is -0.137. The molecule has 1 aromatic heterocycles. The van der Waals surface area contributed by atoms with Crippen LogP contribution in [0, 0.1) is 12.8 Å². The first-order valence-corrected chi connectivity index (χ1v) is 5.78. The molecule has 3 nitrogen and oxygen atoms in total. The molecule has 1 aromatic rings. The van der Waals surface area contributed by atoms with Crippen molar-refractivity contribution in [3.8, 4) is 0 Å². The van der Waals surface area contributed by atoms with Gasteiger partial charge in [0, 0.05) is 18.3 Å². The van der Waals surface area contributed by atoms with Crippen molar-refractivity contribution < 1.29 is 9.90 Å². The zero-order valence-electron chi connectivity index (χ0n) is 10.3. The van der Waals surface area contributed by atoms with E-state index in [1.807, 2.05) is 39.0 Å². The Balaban J connectivity index is 0.000000244. The average molecular weight is 223 g/mol. The molecule has 1 N–H and O–H groups in total. The third-order valence-electron chi connectivity index (χ3n) is 1.97. The van der Waals surface area contributed by atoms with E-state index in [4.69, 9.17) is 5.11 Å². The molecule has 1 heterocycles. The predicted octanol–water partition coefficient (Wildman–Crippen LogP) is 3.29. The molecule has 0 atom stereocenters. The summed E-state index contributed by atoms with van der Waals surface area (Å²) in [6.45, 7) is 5.97. The number of aromatic nitrogens is 1. The van der Waals surface area contributed by atoms with Gasteiger partial charge in [0.15, 0.2) is 0 Å². The van der Waals surface area contributed by atoms with Crippen molar-refractivity contribution in [3.05, 3.63) is 30.1 Å².